The number of benzene rings is 1. The topological polar surface area (TPSA) is 78.5 Å². The van der Waals surface area contributed by atoms with Crippen molar-refractivity contribution in [2.75, 3.05) is 24.2 Å². The minimum Gasteiger partial charge on any atom is -0.397 e. The normalized spacial score (nSPS) is 14.7. The highest BCUT2D eigenvalue weighted by Gasteiger charge is 2.18. The van der Waals surface area contributed by atoms with Crippen molar-refractivity contribution >= 4 is 11.4 Å². The molecule has 5 heteroatoms. The average molecular weight is 214 g/mol. The highest BCUT2D eigenvalue weighted by Crippen LogP contribution is 2.19. The molecule has 15 heavy (non-hydrogen) atoms. The van der Waals surface area contributed by atoms with Crippen LogP contribution in [0.25, 0.3) is 0 Å². The zero-order valence-electron chi connectivity index (χ0n) is 8.50. The van der Waals surface area contributed by atoms with Crippen molar-refractivity contribution in [3.63, 3.8) is 0 Å². The first-order chi connectivity index (χ1) is 6.94. The van der Waals surface area contributed by atoms with Crippen LogP contribution in [0.5, 0.6) is 0 Å². The van der Waals surface area contributed by atoms with Gasteiger partial charge in [-0.15, -0.1) is 0 Å². The summed E-state index contributed by atoms with van der Waals surface area (Å²) in [5.41, 5.74) is 5.14. The second-order valence-corrected chi connectivity index (χ2v) is 3.74. The Morgan fingerprint density at radius 1 is 1.53 bits per heavy atom. The third-order valence-electron chi connectivity index (χ3n) is 2.02. The Hall–Kier alpha value is -1.33. The third kappa shape index (κ3) is 3.38. The number of rotatable bonds is 4. The molecule has 5 N–H and O–H groups in total. The second-order valence-electron chi connectivity index (χ2n) is 3.74. The van der Waals surface area contributed by atoms with Gasteiger partial charge < -0.3 is 21.3 Å². The molecule has 4 nitrogen and oxygen atoms in total. The van der Waals surface area contributed by atoms with Crippen LogP contribution in [0.4, 0.5) is 15.8 Å². The Balaban J connectivity index is 2.69. The van der Waals surface area contributed by atoms with E-state index in [1.807, 2.05) is 0 Å². The number of nitrogens with one attached hydrogen (secondary N) is 1. The summed E-state index contributed by atoms with van der Waals surface area (Å²) in [5.74, 6) is -0.407. The van der Waals surface area contributed by atoms with E-state index in [1.54, 1.807) is 0 Å². The molecule has 0 saturated heterocycles. The summed E-state index contributed by atoms with van der Waals surface area (Å²) in [6, 6.07) is 3.93. The van der Waals surface area contributed by atoms with Gasteiger partial charge in [0.15, 0.2) is 0 Å². The predicted molar refractivity (Wildman–Crippen MR) is 57.0 cm³/mol. The van der Waals surface area contributed by atoms with Crippen LogP contribution >= 0.6 is 0 Å². The molecule has 1 rings (SSSR count). The number of aliphatic hydroxyl groups excluding tert-OH is 1. The van der Waals surface area contributed by atoms with Crippen LogP contribution in [0.15, 0.2) is 18.2 Å². The van der Waals surface area contributed by atoms with Gasteiger partial charge in [0.05, 0.1) is 18.0 Å². The fourth-order valence-corrected chi connectivity index (χ4v) is 1.02. The summed E-state index contributed by atoms with van der Waals surface area (Å²) in [6.45, 7) is 1.18. The van der Waals surface area contributed by atoms with Crippen LogP contribution < -0.4 is 11.1 Å². The number of nitrogens with two attached hydrogens (primary N) is 1. The van der Waals surface area contributed by atoms with E-state index >= 15 is 0 Å². The van der Waals surface area contributed by atoms with Crippen molar-refractivity contribution in [1.82, 2.24) is 0 Å². The van der Waals surface area contributed by atoms with Crippen molar-refractivity contribution in [1.29, 1.82) is 0 Å². The van der Waals surface area contributed by atoms with Crippen LogP contribution in [0.2, 0.25) is 0 Å². The summed E-state index contributed by atoms with van der Waals surface area (Å²) >= 11 is 0. The van der Waals surface area contributed by atoms with Gasteiger partial charge in [0, 0.05) is 6.54 Å². The molecule has 0 saturated carbocycles. The first kappa shape index (κ1) is 11.7. The van der Waals surface area contributed by atoms with E-state index < -0.39 is 11.4 Å². The Labute approximate surface area is 87.5 Å². The summed E-state index contributed by atoms with van der Waals surface area (Å²) in [6.07, 6.45) is 0. The minimum atomic E-state index is -1.25. The van der Waals surface area contributed by atoms with E-state index in [0.717, 1.165) is 0 Å². The lowest BCUT2D eigenvalue weighted by Gasteiger charge is -2.21. The molecule has 1 unspecified atom stereocenters. The number of nitrogen functional groups attached to an aromatic ring is 1. The standard InChI is InChI=1S/C10H15FN2O2/c1-10(15,6-14)5-13-9-4-7(11)2-3-8(9)12/h2-4,13-15H,5-6,12H2,1H3. The van der Waals surface area contributed by atoms with Crippen LogP contribution in [0.1, 0.15) is 6.92 Å². The van der Waals surface area contributed by atoms with E-state index in [1.165, 1.54) is 25.1 Å². The quantitative estimate of drug-likeness (QED) is 0.552. The molecule has 0 bridgehead atoms. The molecule has 0 heterocycles. The molecule has 0 amide bonds. The van der Waals surface area contributed by atoms with Crippen molar-refractivity contribution in [2.45, 2.75) is 12.5 Å². The summed E-state index contributed by atoms with van der Waals surface area (Å²) < 4.78 is 12.8. The maximum absolute atomic E-state index is 12.8. The summed E-state index contributed by atoms with van der Waals surface area (Å²) in [7, 11) is 0. The Morgan fingerprint density at radius 3 is 2.80 bits per heavy atom. The van der Waals surface area contributed by atoms with E-state index in [0.29, 0.717) is 11.4 Å². The van der Waals surface area contributed by atoms with Crippen LogP contribution in [-0.2, 0) is 0 Å². The lowest BCUT2D eigenvalue weighted by molar-refractivity contribution is 0.0132. The monoisotopic (exact) mass is 214 g/mol. The highest BCUT2D eigenvalue weighted by molar-refractivity contribution is 5.65. The van der Waals surface area contributed by atoms with Gasteiger partial charge in [-0.3, -0.25) is 0 Å². The first-order valence-corrected chi connectivity index (χ1v) is 4.57. The Kier molecular flexibility index (Phi) is 3.49. The summed E-state index contributed by atoms with van der Waals surface area (Å²) in [5, 5.41) is 21.1. The highest BCUT2D eigenvalue weighted by atomic mass is 19.1. The van der Waals surface area contributed by atoms with Crippen molar-refractivity contribution in [3.8, 4) is 0 Å². The predicted octanol–water partition coefficient (Wildman–Crippen LogP) is 0.563. The molecular weight excluding hydrogens is 199 g/mol. The molecule has 0 fully saturated rings. The summed E-state index contributed by atoms with van der Waals surface area (Å²) in [4.78, 5) is 0. The Morgan fingerprint density at radius 2 is 2.20 bits per heavy atom. The molecule has 0 spiro atoms. The van der Waals surface area contributed by atoms with Gasteiger partial charge in [-0.2, -0.15) is 0 Å². The van der Waals surface area contributed by atoms with Gasteiger partial charge >= 0.3 is 0 Å². The van der Waals surface area contributed by atoms with Crippen LogP contribution in [0, 0.1) is 5.82 Å². The fourth-order valence-electron chi connectivity index (χ4n) is 1.02. The van der Waals surface area contributed by atoms with Crippen LogP contribution in [0.3, 0.4) is 0 Å². The molecule has 1 atom stereocenters. The van der Waals surface area contributed by atoms with Gasteiger partial charge in [-0.05, 0) is 25.1 Å². The molecule has 84 valence electrons. The minimum absolute atomic E-state index is 0.0944. The van der Waals surface area contributed by atoms with Gasteiger partial charge in [0.1, 0.15) is 11.4 Å². The van der Waals surface area contributed by atoms with E-state index in [-0.39, 0.29) is 13.2 Å². The molecule has 0 aromatic heterocycles. The number of hydrogen-bond donors (Lipinski definition) is 4. The molecule has 0 radical (unpaired) electrons. The van der Waals surface area contributed by atoms with Crippen LogP contribution in [-0.4, -0.2) is 29.0 Å². The molecule has 1 aromatic rings. The Bertz CT molecular complexity index is 342. The maximum atomic E-state index is 12.8. The lowest BCUT2D eigenvalue weighted by atomic mass is 10.1. The van der Waals surface area contributed by atoms with Gasteiger partial charge in [-0.25, -0.2) is 4.39 Å². The maximum Gasteiger partial charge on any atom is 0.125 e. The van der Waals surface area contributed by atoms with E-state index in [2.05, 4.69) is 5.32 Å². The molecular formula is C10H15FN2O2. The zero-order chi connectivity index (χ0) is 11.5. The fraction of sp³-hybridized carbons (Fsp3) is 0.400. The van der Waals surface area contributed by atoms with Gasteiger partial charge in [0.2, 0.25) is 0 Å². The van der Waals surface area contributed by atoms with Gasteiger partial charge in [0.25, 0.3) is 0 Å². The SMILES string of the molecule is CC(O)(CO)CNc1cc(F)ccc1N. The average Bonchev–Trinajstić information content (AvgIpc) is 2.20. The second kappa shape index (κ2) is 4.46. The van der Waals surface area contributed by atoms with E-state index in [4.69, 9.17) is 10.8 Å². The number of anilines is 2. The molecule has 0 aliphatic heterocycles. The number of hydrogen-bond acceptors (Lipinski definition) is 4. The van der Waals surface area contributed by atoms with E-state index in [9.17, 15) is 9.50 Å². The van der Waals surface area contributed by atoms with Gasteiger partial charge in [-0.1, -0.05) is 0 Å². The molecule has 0 aliphatic rings. The number of aliphatic hydroxyl groups is 2. The first-order valence-electron chi connectivity index (χ1n) is 4.57. The smallest absolute Gasteiger partial charge is 0.125 e. The third-order valence-corrected chi connectivity index (χ3v) is 2.02. The zero-order valence-corrected chi connectivity index (χ0v) is 8.50. The lowest BCUT2D eigenvalue weighted by Crippen LogP contribution is -2.37. The van der Waals surface area contributed by atoms with Crippen molar-refractivity contribution in [2.24, 2.45) is 0 Å². The largest absolute Gasteiger partial charge is 0.397 e. The molecule has 1 aromatic carbocycles. The van der Waals surface area contributed by atoms with Crippen molar-refractivity contribution < 1.29 is 14.6 Å². The number of halogens is 1. The molecule has 0 aliphatic carbocycles. The van der Waals surface area contributed by atoms with Crippen molar-refractivity contribution in [3.05, 3.63) is 24.0 Å².